The Hall–Kier alpha value is -0.955. The van der Waals surface area contributed by atoms with Crippen molar-refractivity contribution in [1.82, 2.24) is 0 Å². The van der Waals surface area contributed by atoms with E-state index in [9.17, 15) is 0 Å². The Morgan fingerprint density at radius 2 is 2.00 bits per heavy atom. The molecule has 1 aliphatic rings. The molecule has 0 unspecified atom stereocenters. The Balaban J connectivity index is 2.12. The number of hydrogen-bond acceptors (Lipinski definition) is 2. The van der Waals surface area contributed by atoms with Gasteiger partial charge in [-0.3, -0.25) is 4.84 Å². The van der Waals surface area contributed by atoms with Gasteiger partial charge in [-0.2, -0.15) is 0 Å². The first-order chi connectivity index (χ1) is 6.77. The van der Waals surface area contributed by atoms with E-state index in [1.54, 1.807) is 0 Å². The van der Waals surface area contributed by atoms with Crippen molar-refractivity contribution in [2.45, 2.75) is 26.1 Å². The van der Waals surface area contributed by atoms with Crippen molar-refractivity contribution in [2.24, 2.45) is 0 Å². The largest absolute Gasteiger partial charge is 0.305 e. The number of nitrogens with zero attached hydrogens (tertiary/aromatic N) is 1. The maximum absolute atomic E-state index is 5.47. The summed E-state index contributed by atoms with van der Waals surface area (Å²) >= 11 is 0. The summed E-state index contributed by atoms with van der Waals surface area (Å²) in [4.78, 5) is 7.45. The standard InChI is InChI=1S/C11H16BNO/c1-9(2)10-3-5-11(6-4-10)13-12-7-8-14-13/h3-6,9,12H,7-8H2,1-2H3. The van der Waals surface area contributed by atoms with Gasteiger partial charge in [0.1, 0.15) is 0 Å². The summed E-state index contributed by atoms with van der Waals surface area (Å²) in [5.41, 5.74) is 2.56. The molecule has 0 aromatic heterocycles. The Kier molecular flexibility index (Phi) is 2.78. The molecule has 1 heterocycles. The lowest BCUT2D eigenvalue weighted by atomic mass is 9.90. The minimum Gasteiger partial charge on any atom is -0.305 e. The van der Waals surface area contributed by atoms with Crippen LogP contribution in [0.4, 0.5) is 5.69 Å². The molecule has 0 amide bonds. The molecular weight excluding hydrogens is 173 g/mol. The van der Waals surface area contributed by atoms with Crippen LogP contribution in [0.2, 0.25) is 6.32 Å². The number of hydrogen-bond donors (Lipinski definition) is 0. The highest BCUT2D eigenvalue weighted by atomic mass is 16.7. The van der Waals surface area contributed by atoms with Crippen molar-refractivity contribution in [3.8, 4) is 0 Å². The third kappa shape index (κ3) is 1.93. The monoisotopic (exact) mass is 189 g/mol. The first kappa shape index (κ1) is 9.59. The molecule has 1 aliphatic heterocycles. The molecule has 0 saturated carbocycles. The highest BCUT2D eigenvalue weighted by Gasteiger charge is 2.14. The van der Waals surface area contributed by atoms with Crippen LogP contribution in [0.1, 0.15) is 25.3 Å². The maximum Gasteiger partial charge on any atom is 0.275 e. The van der Waals surface area contributed by atoms with Crippen LogP contribution in [-0.4, -0.2) is 14.0 Å². The SMILES string of the molecule is CC(C)c1ccc(N2BCCO2)cc1. The van der Waals surface area contributed by atoms with Gasteiger partial charge in [0, 0.05) is 5.69 Å². The second-order valence-electron chi connectivity index (χ2n) is 4.04. The second kappa shape index (κ2) is 4.05. The van der Waals surface area contributed by atoms with E-state index < -0.39 is 0 Å². The number of benzene rings is 1. The lowest BCUT2D eigenvalue weighted by molar-refractivity contribution is 0.185. The fraction of sp³-hybridized carbons (Fsp3) is 0.455. The molecular formula is C11H16BNO. The quantitative estimate of drug-likeness (QED) is 0.662. The molecule has 14 heavy (non-hydrogen) atoms. The smallest absolute Gasteiger partial charge is 0.275 e. The Morgan fingerprint density at radius 3 is 2.50 bits per heavy atom. The molecule has 1 fully saturated rings. The predicted octanol–water partition coefficient (Wildman–Crippen LogP) is 2.33. The first-order valence-electron chi connectivity index (χ1n) is 5.28. The molecule has 0 aliphatic carbocycles. The summed E-state index contributed by atoms with van der Waals surface area (Å²) in [7, 11) is 1.01. The van der Waals surface area contributed by atoms with Gasteiger partial charge in [0.05, 0.1) is 6.61 Å². The van der Waals surface area contributed by atoms with Crippen LogP contribution in [-0.2, 0) is 4.84 Å². The molecule has 2 nitrogen and oxygen atoms in total. The second-order valence-corrected chi connectivity index (χ2v) is 4.04. The van der Waals surface area contributed by atoms with Crippen molar-refractivity contribution >= 4 is 13.1 Å². The van der Waals surface area contributed by atoms with Crippen LogP contribution in [0.3, 0.4) is 0 Å². The van der Waals surface area contributed by atoms with E-state index in [1.807, 2.05) is 4.97 Å². The summed E-state index contributed by atoms with van der Waals surface area (Å²) < 4.78 is 0. The lowest BCUT2D eigenvalue weighted by Gasteiger charge is -2.17. The van der Waals surface area contributed by atoms with Crippen molar-refractivity contribution < 1.29 is 4.84 Å². The van der Waals surface area contributed by atoms with Gasteiger partial charge < -0.3 is 4.97 Å². The zero-order chi connectivity index (χ0) is 9.97. The molecule has 0 radical (unpaired) electrons. The van der Waals surface area contributed by atoms with Crippen molar-refractivity contribution in [3.05, 3.63) is 29.8 Å². The van der Waals surface area contributed by atoms with Gasteiger partial charge in [-0.1, -0.05) is 26.0 Å². The molecule has 0 N–H and O–H groups in total. The lowest BCUT2D eigenvalue weighted by Crippen LogP contribution is -2.18. The van der Waals surface area contributed by atoms with Crippen molar-refractivity contribution in [3.63, 3.8) is 0 Å². The zero-order valence-corrected chi connectivity index (χ0v) is 8.86. The first-order valence-corrected chi connectivity index (χ1v) is 5.28. The number of rotatable bonds is 2. The predicted molar refractivity (Wildman–Crippen MR) is 60.9 cm³/mol. The molecule has 1 aromatic carbocycles. The van der Waals surface area contributed by atoms with Gasteiger partial charge in [-0.15, -0.1) is 0 Å². The molecule has 0 atom stereocenters. The molecule has 0 bridgehead atoms. The Morgan fingerprint density at radius 1 is 1.29 bits per heavy atom. The molecule has 0 spiro atoms. The third-order valence-corrected chi connectivity index (χ3v) is 2.60. The molecule has 74 valence electrons. The Bertz CT molecular complexity index is 291. The van der Waals surface area contributed by atoms with Gasteiger partial charge in [0.25, 0.3) is 7.41 Å². The van der Waals surface area contributed by atoms with Gasteiger partial charge >= 0.3 is 0 Å². The summed E-state index contributed by atoms with van der Waals surface area (Å²) in [6.45, 7) is 5.27. The minimum atomic E-state index is 0.601. The summed E-state index contributed by atoms with van der Waals surface area (Å²) in [6.07, 6.45) is 1.13. The average Bonchev–Trinajstić information content (AvgIpc) is 2.71. The molecule has 2 rings (SSSR count). The van der Waals surface area contributed by atoms with E-state index in [0.717, 1.165) is 20.3 Å². The molecule has 3 heteroatoms. The van der Waals surface area contributed by atoms with E-state index in [0.29, 0.717) is 5.92 Å². The normalized spacial score (nSPS) is 16.1. The van der Waals surface area contributed by atoms with E-state index in [-0.39, 0.29) is 0 Å². The molecule has 1 aromatic rings. The van der Waals surface area contributed by atoms with E-state index >= 15 is 0 Å². The van der Waals surface area contributed by atoms with Gasteiger partial charge in [-0.25, -0.2) is 0 Å². The van der Waals surface area contributed by atoms with Crippen LogP contribution < -0.4 is 4.97 Å². The summed E-state index contributed by atoms with van der Waals surface area (Å²) in [6, 6.07) is 8.64. The van der Waals surface area contributed by atoms with Crippen LogP contribution in [0, 0.1) is 0 Å². The molecule has 1 saturated heterocycles. The highest BCUT2D eigenvalue weighted by molar-refractivity contribution is 6.41. The van der Waals surface area contributed by atoms with Gasteiger partial charge in [0.15, 0.2) is 0 Å². The van der Waals surface area contributed by atoms with Crippen LogP contribution in [0.15, 0.2) is 24.3 Å². The number of anilines is 1. The fourth-order valence-electron chi connectivity index (χ4n) is 1.68. The van der Waals surface area contributed by atoms with E-state index in [4.69, 9.17) is 4.84 Å². The summed E-state index contributed by atoms with van der Waals surface area (Å²) in [5, 5.41) is 0. The topological polar surface area (TPSA) is 12.5 Å². The highest BCUT2D eigenvalue weighted by Crippen LogP contribution is 2.21. The zero-order valence-electron chi connectivity index (χ0n) is 8.86. The fourth-order valence-corrected chi connectivity index (χ4v) is 1.68. The van der Waals surface area contributed by atoms with E-state index in [2.05, 4.69) is 38.1 Å². The van der Waals surface area contributed by atoms with Crippen LogP contribution >= 0.6 is 0 Å². The van der Waals surface area contributed by atoms with Gasteiger partial charge in [0.2, 0.25) is 0 Å². The van der Waals surface area contributed by atoms with E-state index in [1.165, 1.54) is 11.3 Å². The Labute approximate surface area is 86.1 Å². The average molecular weight is 189 g/mol. The minimum absolute atomic E-state index is 0.601. The van der Waals surface area contributed by atoms with Crippen molar-refractivity contribution in [2.75, 3.05) is 11.6 Å². The van der Waals surface area contributed by atoms with Crippen LogP contribution in [0.25, 0.3) is 0 Å². The van der Waals surface area contributed by atoms with Gasteiger partial charge in [-0.05, 0) is 29.9 Å². The maximum atomic E-state index is 5.47. The van der Waals surface area contributed by atoms with Crippen LogP contribution in [0.5, 0.6) is 0 Å². The van der Waals surface area contributed by atoms with Crippen molar-refractivity contribution in [1.29, 1.82) is 0 Å². The summed E-state index contributed by atoms with van der Waals surface area (Å²) in [5.74, 6) is 0.601. The third-order valence-electron chi connectivity index (χ3n) is 2.60.